The molecule has 0 spiro atoms. The molecule has 0 aliphatic heterocycles. The Labute approximate surface area is 173 Å². The molecule has 0 aliphatic rings. The van der Waals surface area contributed by atoms with E-state index in [1.807, 2.05) is 19.3 Å². The first-order chi connectivity index (χ1) is 13.6. The van der Waals surface area contributed by atoms with Gasteiger partial charge in [0, 0.05) is 5.69 Å². The third-order valence-electron chi connectivity index (χ3n) is 3.94. The van der Waals surface area contributed by atoms with Gasteiger partial charge < -0.3 is 5.32 Å². The summed E-state index contributed by atoms with van der Waals surface area (Å²) in [5.41, 5.74) is 0.922. The smallest absolute Gasteiger partial charge is 0.332 e. The maximum Gasteiger partial charge on any atom is 0.416 e. The molecular weight excluding hydrogens is 456 g/mol. The number of hydrogen-bond donors (Lipinski definition) is 3. The van der Waals surface area contributed by atoms with Crippen LogP contribution in [0.25, 0.3) is 0 Å². The molecule has 0 fully saturated rings. The highest BCUT2D eigenvalue weighted by Crippen LogP contribution is 2.37. The fourth-order valence-electron chi connectivity index (χ4n) is 2.24. The van der Waals surface area contributed by atoms with E-state index in [9.17, 15) is 34.8 Å². The molecule has 2 rings (SSSR count). The molecule has 0 saturated heterocycles. The van der Waals surface area contributed by atoms with Gasteiger partial charge in [0.05, 0.1) is 16.0 Å². The van der Waals surface area contributed by atoms with Gasteiger partial charge in [0.15, 0.2) is 5.11 Å². The van der Waals surface area contributed by atoms with Crippen LogP contribution in [0, 0.1) is 13.8 Å². The molecule has 0 aliphatic carbocycles. The van der Waals surface area contributed by atoms with Gasteiger partial charge in [-0.3, -0.25) is 5.43 Å². The van der Waals surface area contributed by atoms with Crippen LogP contribution in [0.4, 0.5) is 32.0 Å². The number of benzene rings is 2. The lowest BCUT2D eigenvalue weighted by Gasteiger charge is -2.16. The first-order valence-corrected chi connectivity index (χ1v) is 9.94. The molecule has 5 nitrogen and oxygen atoms in total. The van der Waals surface area contributed by atoms with Crippen LogP contribution >= 0.6 is 12.2 Å². The monoisotopic (exact) mass is 471 g/mol. The Kier molecular flexibility index (Phi) is 6.69. The van der Waals surface area contributed by atoms with Crippen molar-refractivity contribution in [1.82, 2.24) is 10.3 Å². The lowest BCUT2D eigenvalue weighted by Crippen LogP contribution is -2.43. The van der Waals surface area contributed by atoms with Crippen molar-refractivity contribution in [1.29, 1.82) is 0 Å². The third kappa shape index (κ3) is 6.06. The van der Waals surface area contributed by atoms with Crippen molar-refractivity contribution in [3.8, 4) is 0 Å². The zero-order valence-electron chi connectivity index (χ0n) is 15.4. The highest BCUT2D eigenvalue weighted by molar-refractivity contribution is 7.89. The predicted molar refractivity (Wildman–Crippen MR) is 102 cm³/mol. The number of hydrogen-bond acceptors (Lipinski definition) is 3. The average molecular weight is 471 g/mol. The molecule has 2 aromatic carbocycles. The van der Waals surface area contributed by atoms with Gasteiger partial charge in [0.25, 0.3) is 10.0 Å². The number of nitrogens with one attached hydrogen (secondary N) is 3. The molecule has 0 amide bonds. The molecule has 30 heavy (non-hydrogen) atoms. The van der Waals surface area contributed by atoms with Crippen molar-refractivity contribution in [2.45, 2.75) is 31.1 Å². The van der Waals surface area contributed by atoms with Crippen LogP contribution in [0.1, 0.15) is 22.3 Å². The van der Waals surface area contributed by atoms with Gasteiger partial charge in [-0.1, -0.05) is 6.07 Å². The third-order valence-corrected chi connectivity index (χ3v) is 5.37. The first-order valence-electron chi connectivity index (χ1n) is 8.05. The van der Waals surface area contributed by atoms with Crippen LogP contribution in [-0.4, -0.2) is 13.5 Å². The van der Waals surface area contributed by atoms with E-state index in [0.717, 1.165) is 11.1 Å². The van der Waals surface area contributed by atoms with Gasteiger partial charge in [0.1, 0.15) is 0 Å². The molecule has 0 aromatic heterocycles. The van der Waals surface area contributed by atoms with E-state index in [2.05, 4.69) is 5.32 Å². The first kappa shape index (κ1) is 23.9. The minimum absolute atomic E-state index is 0.0963. The molecular formula is C17H15F6N3O2S2. The Morgan fingerprint density at radius 1 is 0.867 bits per heavy atom. The minimum Gasteiger partial charge on any atom is -0.332 e. The molecule has 0 atom stereocenters. The second kappa shape index (κ2) is 8.40. The fraction of sp³-hybridized carbons (Fsp3) is 0.235. The van der Waals surface area contributed by atoms with Crippen molar-refractivity contribution < 1.29 is 34.8 Å². The largest absolute Gasteiger partial charge is 0.416 e. The Bertz CT molecular complexity index is 1030. The van der Waals surface area contributed by atoms with Crippen LogP contribution in [0.5, 0.6) is 0 Å². The van der Waals surface area contributed by atoms with Gasteiger partial charge in [0.2, 0.25) is 0 Å². The summed E-state index contributed by atoms with van der Waals surface area (Å²) in [6.45, 7) is 3.69. The number of sulfonamides is 1. The fourth-order valence-corrected chi connectivity index (χ4v) is 3.39. The van der Waals surface area contributed by atoms with E-state index in [1.54, 1.807) is 23.0 Å². The molecule has 2 aromatic rings. The van der Waals surface area contributed by atoms with E-state index >= 15 is 0 Å². The van der Waals surface area contributed by atoms with Crippen LogP contribution < -0.4 is 15.6 Å². The number of aryl methyl sites for hydroxylation is 2. The van der Waals surface area contributed by atoms with Crippen molar-refractivity contribution >= 4 is 33.0 Å². The quantitative estimate of drug-likeness (QED) is 0.348. The SMILES string of the molecule is Cc1ccc(NC(=S)NNS(=O)(=O)c2cc(C(F)(F)F)cc(C(F)(F)F)c2)cc1C. The summed E-state index contributed by atoms with van der Waals surface area (Å²) >= 11 is 4.89. The van der Waals surface area contributed by atoms with Crippen molar-refractivity contribution in [3.05, 3.63) is 58.7 Å². The maximum atomic E-state index is 12.9. The highest BCUT2D eigenvalue weighted by atomic mass is 32.2. The van der Waals surface area contributed by atoms with Gasteiger partial charge in [-0.25, -0.2) is 8.42 Å². The molecule has 13 heteroatoms. The summed E-state index contributed by atoms with van der Waals surface area (Å²) < 4.78 is 102. The van der Waals surface area contributed by atoms with Crippen molar-refractivity contribution in [3.63, 3.8) is 0 Å². The van der Waals surface area contributed by atoms with Gasteiger partial charge in [-0.2, -0.15) is 26.3 Å². The minimum atomic E-state index is -5.18. The van der Waals surface area contributed by atoms with Crippen LogP contribution in [-0.2, 0) is 22.4 Å². The van der Waals surface area contributed by atoms with Gasteiger partial charge in [-0.15, -0.1) is 4.83 Å². The molecule has 0 bridgehead atoms. The Morgan fingerprint density at radius 2 is 1.40 bits per heavy atom. The summed E-state index contributed by atoms with van der Waals surface area (Å²) in [5.74, 6) is 0. The molecule has 0 unspecified atom stereocenters. The second-order valence-electron chi connectivity index (χ2n) is 6.23. The number of hydrazine groups is 1. The molecule has 3 N–H and O–H groups in total. The number of halogens is 6. The topological polar surface area (TPSA) is 70.2 Å². The second-order valence-corrected chi connectivity index (χ2v) is 8.32. The summed E-state index contributed by atoms with van der Waals surface area (Å²) in [7, 11) is -4.82. The zero-order chi connectivity index (χ0) is 22.9. The maximum absolute atomic E-state index is 12.9. The number of alkyl halides is 6. The summed E-state index contributed by atoms with van der Waals surface area (Å²) in [6.07, 6.45) is -10.4. The standard InChI is InChI=1S/C17H15F6N3O2S2/c1-9-3-4-13(5-10(9)2)24-15(29)25-26-30(27,28)14-7-11(16(18,19)20)6-12(8-14)17(21,22)23/h3-8,26H,1-2H3,(H2,24,25,29). The molecule has 0 radical (unpaired) electrons. The Hall–Kier alpha value is -2.38. The van der Waals surface area contributed by atoms with E-state index < -0.39 is 38.4 Å². The Morgan fingerprint density at radius 3 is 1.87 bits per heavy atom. The van der Waals surface area contributed by atoms with E-state index in [-0.39, 0.29) is 23.3 Å². The average Bonchev–Trinajstić information content (AvgIpc) is 2.61. The van der Waals surface area contributed by atoms with Gasteiger partial charge in [-0.05, 0) is 67.5 Å². The van der Waals surface area contributed by atoms with Crippen LogP contribution in [0.3, 0.4) is 0 Å². The van der Waals surface area contributed by atoms with Crippen LogP contribution in [0.2, 0.25) is 0 Å². The summed E-state index contributed by atoms with van der Waals surface area (Å²) in [5, 5.41) is 2.37. The molecule has 0 saturated carbocycles. The zero-order valence-corrected chi connectivity index (χ0v) is 17.0. The van der Waals surface area contributed by atoms with E-state index in [1.165, 1.54) is 0 Å². The predicted octanol–water partition coefficient (Wildman–Crippen LogP) is 4.52. The van der Waals surface area contributed by atoms with E-state index in [0.29, 0.717) is 5.69 Å². The lowest BCUT2D eigenvalue weighted by atomic mass is 10.1. The van der Waals surface area contributed by atoms with Crippen molar-refractivity contribution in [2.75, 3.05) is 5.32 Å². The molecule has 164 valence electrons. The van der Waals surface area contributed by atoms with Crippen molar-refractivity contribution in [2.24, 2.45) is 0 Å². The summed E-state index contributed by atoms with van der Waals surface area (Å²) in [4.78, 5) is 0.432. The number of thiocarbonyl (C=S) groups is 1. The van der Waals surface area contributed by atoms with E-state index in [4.69, 9.17) is 12.2 Å². The van der Waals surface area contributed by atoms with Gasteiger partial charge >= 0.3 is 12.4 Å². The normalized spacial score (nSPS) is 12.5. The number of rotatable bonds is 4. The highest BCUT2D eigenvalue weighted by Gasteiger charge is 2.38. The number of anilines is 1. The summed E-state index contributed by atoms with van der Waals surface area (Å²) in [6, 6.07) is 5.15. The lowest BCUT2D eigenvalue weighted by molar-refractivity contribution is -0.143. The Balaban J connectivity index is 2.23. The molecule has 0 heterocycles. The van der Waals surface area contributed by atoms with Crippen LogP contribution in [0.15, 0.2) is 41.3 Å².